The molecule has 0 saturated heterocycles. The van der Waals surface area contributed by atoms with Crippen LogP contribution < -0.4 is 16.6 Å². The van der Waals surface area contributed by atoms with E-state index in [-0.39, 0.29) is 17.9 Å². The van der Waals surface area contributed by atoms with Gasteiger partial charge in [-0.15, -0.1) is 0 Å². The van der Waals surface area contributed by atoms with E-state index >= 15 is 0 Å². The molecule has 2 rings (SSSR count). The Morgan fingerprint density at radius 2 is 1.96 bits per heavy atom. The molecule has 144 valence electrons. The number of hydrogen-bond donors (Lipinski definition) is 4. The maximum atomic E-state index is 12.2. The number of aromatic amines is 2. The lowest BCUT2D eigenvalue weighted by Crippen LogP contribution is -2.40. The highest BCUT2D eigenvalue weighted by Crippen LogP contribution is 2.04. The molecule has 2 aromatic rings. The zero-order chi connectivity index (χ0) is 19.8. The monoisotopic (exact) mass is 391 g/mol. The summed E-state index contributed by atoms with van der Waals surface area (Å²) in [6, 6.07) is 8.60. The van der Waals surface area contributed by atoms with E-state index in [4.69, 9.17) is 0 Å². The SMILES string of the molecule is Cc1[nH]c(=O)[nH]c(=O)c1/C=C/C(=O)N[C@@H](CO)C[S@@](=O)Cc1ccccc1. The molecule has 2 atom stereocenters. The van der Waals surface area contributed by atoms with E-state index in [9.17, 15) is 23.7 Å². The fraction of sp³-hybridized carbons (Fsp3) is 0.278. The summed E-state index contributed by atoms with van der Waals surface area (Å²) in [6.45, 7) is 1.18. The van der Waals surface area contributed by atoms with Crippen LogP contribution in [0.4, 0.5) is 0 Å². The maximum Gasteiger partial charge on any atom is 0.325 e. The van der Waals surface area contributed by atoms with Gasteiger partial charge in [-0.05, 0) is 18.6 Å². The highest BCUT2D eigenvalue weighted by Gasteiger charge is 2.14. The standard InChI is InChI=1S/C18H21N3O5S/c1-12-15(17(24)21-18(25)19-12)7-8-16(23)20-14(9-22)11-27(26)10-13-5-3-2-4-6-13/h2-8,14,22H,9-11H2,1H3,(H,20,23)(H2,19,21,24,25)/b8-7+/t14-,27-/m0/s1. The van der Waals surface area contributed by atoms with Gasteiger partial charge in [-0.25, -0.2) is 4.79 Å². The molecule has 0 aliphatic carbocycles. The number of hydrogen-bond acceptors (Lipinski definition) is 5. The number of aryl methyl sites for hydroxylation is 1. The number of H-pyrrole nitrogens is 2. The van der Waals surface area contributed by atoms with E-state index in [1.807, 2.05) is 30.3 Å². The summed E-state index contributed by atoms with van der Waals surface area (Å²) in [5.74, 6) is -0.117. The van der Waals surface area contributed by atoms with Gasteiger partial charge in [0, 0.05) is 34.1 Å². The van der Waals surface area contributed by atoms with Gasteiger partial charge in [-0.3, -0.25) is 18.8 Å². The summed E-state index contributed by atoms with van der Waals surface area (Å²) in [6.07, 6.45) is 2.40. The van der Waals surface area contributed by atoms with Crippen molar-refractivity contribution < 1.29 is 14.1 Å². The van der Waals surface area contributed by atoms with E-state index in [0.717, 1.165) is 11.6 Å². The Balaban J connectivity index is 1.95. The Labute approximate surface area is 157 Å². The van der Waals surface area contributed by atoms with Gasteiger partial charge in [0.1, 0.15) is 0 Å². The molecule has 0 bridgehead atoms. The van der Waals surface area contributed by atoms with E-state index in [2.05, 4.69) is 15.3 Å². The molecular weight excluding hydrogens is 370 g/mol. The molecule has 0 saturated carbocycles. The Bertz CT molecular complexity index is 949. The number of amides is 1. The van der Waals surface area contributed by atoms with Gasteiger partial charge in [-0.1, -0.05) is 30.3 Å². The molecular formula is C18H21N3O5S. The lowest BCUT2D eigenvalue weighted by molar-refractivity contribution is -0.117. The van der Waals surface area contributed by atoms with Crippen LogP contribution in [0, 0.1) is 6.92 Å². The van der Waals surface area contributed by atoms with Crippen LogP contribution in [-0.2, 0) is 21.3 Å². The number of aliphatic hydroxyl groups is 1. The highest BCUT2D eigenvalue weighted by atomic mass is 32.2. The molecule has 4 N–H and O–H groups in total. The Hall–Kier alpha value is -2.78. The van der Waals surface area contributed by atoms with Crippen molar-refractivity contribution >= 4 is 22.8 Å². The fourth-order valence-corrected chi connectivity index (χ4v) is 3.72. The number of aromatic nitrogens is 2. The predicted octanol–water partition coefficient (Wildman–Crippen LogP) is -0.189. The third-order valence-electron chi connectivity index (χ3n) is 3.70. The molecule has 0 aliphatic rings. The predicted molar refractivity (Wildman–Crippen MR) is 104 cm³/mol. The third kappa shape index (κ3) is 6.46. The second kappa shape index (κ2) is 9.79. The average molecular weight is 391 g/mol. The Morgan fingerprint density at radius 3 is 2.59 bits per heavy atom. The van der Waals surface area contributed by atoms with Gasteiger partial charge < -0.3 is 15.4 Å². The van der Waals surface area contributed by atoms with E-state index < -0.39 is 34.0 Å². The van der Waals surface area contributed by atoms with Crippen molar-refractivity contribution in [2.24, 2.45) is 0 Å². The summed E-state index contributed by atoms with van der Waals surface area (Å²) in [7, 11) is -1.26. The van der Waals surface area contributed by atoms with Crippen molar-refractivity contribution in [3.05, 3.63) is 74.1 Å². The molecule has 1 heterocycles. The number of aliphatic hydroxyl groups excluding tert-OH is 1. The van der Waals surface area contributed by atoms with Crippen molar-refractivity contribution in [1.29, 1.82) is 0 Å². The van der Waals surface area contributed by atoms with Gasteiger partial charge in [0.15, 0.2) is 0 Å². The molecule has 9 heteroatoms. The molecule has 0 aliphatic heterocycles. The van der Waals surface area contributed by atoms with Crippen LogP contribution in [0.15, 0.2) is 46.0 Å². The first kappa shape index (κ1) is 20.5. The molecule has 1 amide bonds. The minimum Gasteiger partial charge on any atom is -0.394 e. The summed E-state index contributed by atoms with van der Waals surface area (Å²) in [5.41, 5.74) is 0.156. The van der Waals surface area contributed by atoms with Gasteiger partial charge in [0.25, 0.3) is 5.56 Å². The third-order valence-corrected chi connectivity index (χ3v) is 5.13. The lowest BCUT2D eigenvalue weighted by Gasteiger charge is -2.14. The van der Waals surface area contributed by atoms with Crippen LogP contribution in [0.2, 0.25) is 0 Å². The van der Waals surface area contributed by atoms with Gasteiger partial charge in [0.2, 0.25) is 5.91 Å². The maximum absolute atomic E-state index is 12.2. The van der Waals surface area contributed by atoms with Crippen molar-refractivity contribution in [2.45, 2.75) is 18.7 Å². The summed E-state index contributed by atoms with van der Waals surface area (Å²) in [5, 5.41) is 12.0. The molecule has 8 nitrogen and oxygen atoms in total. The van der Waals surface area contributed by atoms with Gasteiger partial charge in [-0.2, -0.15) is 0 Å². The Kier molecular flexibility index (Phi) is 7.44. The largest absolute Gasteiger partial charge is 0.394 e. The fourth-order valence-electron chi connectivity index (χ4n) is 2.40. The topological polar surface area (TPSA) is 132 Å². The highest BCUT2D eigenvalue weighted by molar-refractivity contribution is 7.84. The van der Waals surface area contributed by atoms with Crippen LogP contribution in [0.1, 0.15) is 16.8 Å². The summed E-state index contributed by atoms with van der Waals surface area (Å²) in [4.78, 5) is 39.4. The molecule has 0 unspecified atom stereocenters. The number of rotatable bonds is 8. The van der Waals surface area contributed by atoms with Crippen LogP contribution >= 0.6 is 0 Å². The van der Waals surface area contributed by atoms with Gasteiger partial charge in [0.05, 0.1) is 18.2 Å². The number of carbonyl (C=O) groups is 1. The van der Waals surface area contributed by atoms with E-state index in [1.54, 1.807) is 0 Å². The molecule has 27 heavy (non-hydrogen) atoms. The zero-order valence-corrected chi connectivity index (χ0v) is 15.5. The normalized spacial score (nSPS) is 13.4. The quantitative estimate of drug-likeness (QED) is 0.463. The van der Waals surface area contributed by atoms with Crippen LogP contribution in [0.25, 0.3) is 6.08 Å². The smallest absolute Gasteiger partial charge is 0.325 e. The molecule has 1 aromatic heterocycles. The van der Waals surface area contributed by atoms with Gasteiger partial charge >= 0.3 is 5.69 Å². The first-order valence-corrected chi connectivity index (χ1v) is 9.69. The number of nitrogens with one attached hydrogen (secondary N) is 3. The van der Waals surface area contributed by atoms with E-state index in [0.29, 0.717) is 11.4 Å². The second-order valence-electron chi connectivity index (χ2n) is 5.90. The molecule has 0 fully saturated rings. The first-order valence-electron chi connectivity index (χ1n) is 8.20. The summed E-state index contributed by atoms with van der Waals surface area (Å²) >= 11 is 0. The molecule has 1 aromatic carbocycles. The van der Waals surface area contributed by atoms with Crippen molar-refractivity contribution in [3.63, 3.8) is 0 Å². The first-order chi connectivity index (χ1) is 12.9. The van der Waals surface area contributed by atoms with E-state index in [1.165, 1.54) is 13.0 Å². The number of benzene rings is 1. The van der Waals surface area contributed by atoms with Crippen molar-refractivity contribution in [2.75, 3.05) is 12.4 Å². The minimum atomic E-state index is -1.26. The van der Waals surface area contributed by atoms with Crippen LogP contribution in [0.3, 0.4) is 0 Å². The van der Waals surface area contributed by atoms with Crippen LogP contribution in [-0.4, -0.2) is 43.6 Å². The average Bonchev–Trinajstić information content (AvgIpc) is 2.61. The zero-order valence-electron chi connectivity index (χ0n) is 14.7. The second-order valence-corrected chi connectivity index (χ2v) is 7.41. The van der Waals surface area contributed by atoms with Crippen molar-refractivity contribution in [1.82, 2.24) is 15.3 Å². The summed E-state index contributed by atoms with van der Waals surface area (Å²) < 4.78 is 12.2. The Morgan fingerprint density at radius 1 is 1.26 bits per heavy atom. The minimum absolute atomic E-state index is 0.100. The lowest BCUT2D eigenvalue weighted by atomic mass is 10.2. The molecule has 0 spiro atoms. The van der Waals surface area contributed by atoms with Crippen LogP contribution in [0.5, 0.6) is 0 Å². The van der Waals surface area contributed by atoms with Crippen molar-refractivity contribution in [3.8, 4) is 0 Å². The molecule has 0 radical (unpaired) electrons. The number of carbonyl (C=O) groups excluding carboxylic acids is 1.